The van der Waals surface area contributed by atoms with E-state index in [1.165, 1.54) is 24.0 Å². The van der Waals surface area contributed by atoms with Crippen LogP contribution in [0.1, 0.15) is 48.1 Å². The van der Waals surface area contributed by atoms with Gasteiger partial charge in [0.1, 0.15) is 0 Å². The third-order valence-corrected chi connectivity index (χ3v) is 5.85. The topological polar surface area (TPSA) is 46.2 Å². The summed E-state index contributed by atoms with van der Waals surface area (Å²) < 4.78 is 27.5. The zero-order valence-electron chi connectivity index (χ0n) is 13.5. The van der Waals surface area contributed by atoms with Gasteiger partial charge in [-0.15, -0.1) is 0 Å². The van der Waals surface area contributed by atoms with E-state index in [2.05, 4.69) is 22.9 Å². The quantitative estimate of drug-likeness (QED) is 0.908. The zero-order valence-corrected chi connectivity index (χ0v) is 14.3. The fourth-order valence-electron chi connectivity index (χ4n) is 3.20. The Bertz CT molecular complexity index is 769. The van der Waals surface area contributed by atoms with Gasteiger partial charge in [0, 0.05) is 6.04 Å². The summed E-state index contributed by atoms with van der Waals surface area (Å²) in [5.74, 6) is 0.0170. The maximum Gasteiger partial charge on any atom is 0.216 e. The van der Waals surface area contributed by atoms with Gasteiger partial charge in [-0.3, -0.25) is 0 Å². The molecule has 0 spiro atoms. The molecule has 0 saturated heterocycles. The van der Waals surface area contributed by atoms with Crippen LogP contribution >= 0.6 is 0 Å². The molecule has 0 bridgehead atoms. The first-order chi connectivity index (χ1) is 11.0. The van der Waals surface area contributed by atoms with Crippen molar-refractivity contribution in [1.29, 1.82) is 0 Å². The lowest BCUT2D eigenvalue weighted by Crippen LogP contribution is -2.28. The smallest absolute Gasteiger partial charge is 0.212 e. The molecule has 3 rings (SSSR count). The third kappa shape index (κ3) is 4.21. The Balaban J connectivity index is 1.72. The van der Waals surface area contributed by atoms with Crippen molar-refractivity contribution in [2.24, 2.45) is 0 Å². The molecule has 0 aliphatic heterocycles. The van der Waals surface area contributed by atoms with E-state index >= 15 is 0 Å². The van der Waals surface area contributed by atoms with E-state index in [9.17, 15) is 8.42 Å². The van der Waals surface area contributed by atoms with Gasteiger partial charge in [-0.25, -0.2) is 13.1 Å². The number of hydrogen-bond donors (Lipinski definition) is 1. The first kappa shape index (κ1) is 16.2. The van der Waals surface area contributed by atoms with Crippen molar-refractivity contribution in [2.45, 2.75) is 44.4 Å². The SMILES string of the molecule is CC(NS(=O)(=O)Cc1ccccc1)c1ccc2c(c1)CCCC2. The van der Waals surface area contributed by atoms with Gasteiger partial charge in [0.2, 0.25) is 10.0 Å². The molecule has 4 heteroatoms. The van der Waals surface area contributed by atoms with Crippen LogP contribution in [-0.2, 0) is 28.6 Å². The van der Waals surface area contributed by atoms with Crippen molar-refractivity contribution in [3.63, 3.8) is 0 Å². The minimum atomic E-state index is -3.35. The van der Waals surface area contributed by atoms with E-state index in [0.29, 0.717) is 0 Å². The van der Waals surface area contributed by atoms with E-state index in [0.717, 1.165) is 24.0 Å². The lowest BCUT2D eigenvalue weighted by molar-refractivity contribution is 0.565. The highest BCUT2D eigenvalue weighted by Gasteiger charge is 2.18. The van der Waals surface area contributed by atoms with Crippen LogP contribution in [0, 0.1) is 0 Å². The molecule has 1 aliphatic rings. The van der Waals surface area contributed by atoms with Crippen LogP contribution in [0.5, 0.6) is 0 Å². The maximum absolute atomic E-state index is 12.4. The summed E-state index contributed by atoms with van der Waals surface area (Å²) in [6.07, 6.45) is 4.73. The predicted molar refractivity (Wildman–Crippen MR) is 93.7 cm³/mol. The molecule has 1 aliphatic carbocycles. The molecule has 3 nitrogen and oxygen atoms in total. The number of fused-ring (bicyclic) bond motifs is 1. The normalized spacial score (nSPS) is 15.9. The summed E-state index contributed by atoms with van der Waals surface area (Å²) in [4.78, 5) is 0. The van der Waals surface area contributed by atoms with E-state index in [4.69, 9.17) is 0 Å². The first-order valence-corrected chi connectivity index (χ1v) is 9.84. The Kier molecular flexibility index (Phi) is 4.83. The molecule has 0 saturated carbocycles. The molecule has 2 aromatic carbocycles. The average molecular weight is 329 g/mol. The molecule has 2 aromatic rings. The van der Waals surface area contributed by atoms with Crippen molar-refractivity contribution in [2.75, 3.05) is 0 Å². The van der Waals surface area contributed by atoms with Crippen molar-refractivity contribution in [1.82, 2.24) is 4.72 Å². The largest absolute Gasteiger partial charge is 0.216 e. The molecule has 1 atom stereocenters. The number of benzene rings is 2. The van der Waals surface area contributed by atoms with E-state index in [1.807, 2.05) is 37.3 Å². The van der Waals surface area contributed by atoms with Crippen LogP contribution in [0.2, 0.25) is 0 Å². The van der Waals surface area contributed by atoms with Crippen molar-refractivity contribution in [3.05, 3.63) is 70.8 Å². The summed E-state index contributed by atoms with van der Waals surface area (Å²) in [6, 6.07) is 15.5. The minimum absolute atomic E-state index is 0.0170. The standard InChI is InChI=1S/C19H23NO2S/c1-15(18-12-11-17-9-5-6-10-19(17)13-18)20-23(21,22)14-16-7-3-2-4-8-16/h2-4,7-8,11-13,15,20H,5-6,9-10,14H2,1H3. The van der Waals surface area contributed by atoms with Crippen LogP contribution < -0.4 is 4.72 Å². The summed E-state index contributed by atoms with van der Waals surface area (Å²) >= 11 is 0. The van der Waals surface area contributed by atoms with Gasteiger partial charge >= 0.3 is 0 Å². The van der Waals surface area contributed by atoms with E-state index < -0.39 is 10.0 Å². The maximum atomic E-state index is 12.4. The highest BCUT2D eigenvalue weighted by atomic mass is 32.2. The van der Waals surface area contributed by atoms with Crippen LogP contribution in [0.4, 0.5) is 0 Å². The predicted octanol–water partition coefficient (Wildman–Crippen LogP) is 3.75. The molecule has 0 aromatic heterocycles. The first-order valence-electron chi connectivity index (χ1n) is 8.19. The van der Waals surface area contributed by atoms with E-state index in [1.54, 1.807) is 0 Å². The summed E-state index contributed by atoms with van der Waals surface area (Å²) in [6.45, 7) is 1.91. The van der Waals surface area contributed by atoms with Crippen LogP contribution in [-0.4, -0.2) is 8.42 Å². The lowest BCUT2D eigenvalue weighted by atomic mass is 9.89. The van der Waals surface area contributed by atoms with Crippen LogP contribution in [0.15, 0.2) is 48.5 Å². The summed E-state index contributed by atoms with van der Waals surface area (Å²) in [5.41, 5.74) is 4.64. The molecular weight excluding hydrogens is 306 g/mol. The van der Waals surface area contributed by atoms with Crippen molar-refractivity contribution in [3.8, 4) is 0 Å². The molecule has 23 heavy (non-hydrogen) atoms. The van der Waals surface area contributed by atoms with Crippen molar-refractivity contribution >= 4 is 10.0 Å². The highest BCUT2D eigenvalue weighted by Crippen LogP contribution is 2.25. The van der Waals surface area contributed by atoms with Gasteiger partial charge in [0.15, 0.2) is 0 Å². The average Bonchev–Trinajstić information content (AvgIpc) is 2.54. The van der Waals surface area contributed by atoms with Gasteiger partial charge in [-0.2, -0.15) is 0 Å². The molecule has 1 N–H and O–H groups in total. The Morgan fingerprint density at radius 3 is 2.43 bits per heavy atom. The number of rotatable bonds is 5. The van der Waals surface area contributed by atoms with Crippen molar-refractivity contribution < 1.29 is 8.42 Å². The fraction of sp³-hybridized carbons (Fsp3) is 0.368. The van der Waals surface area contributed by atoms with Gasteiger partial charge < -0.3 is 0 Å². The molecule has 122 valence electrons. The summed E-state index contributed by atoms with van der Waals surface area (Å²) in [5, 5.41) is 0. The Labute approximate surface area is 138 Å². The van der Waals surface area contributed by atoms with Crippen LogP contribution in [0.3, 0.4) is 0 Å². The van der Waals surface area contributed by atoms with Gasteiger partial charge in [0.05, 0.1) is 5.75 Å². The molecular formula is C19H23NO2S. The molecule has 0 fully saturated rings. The zero-order chi connectivity index (χ0) is 16.3. The number of sulfonamides is 1. The van der Waals surface area contributed by atoms with Crippen LogP contribution in [0.25, 0.3) is 0 Å². The number of nitrogens with one attached hydrogen (secondary N) is 1. The third-order valence-electron chi connectivity index (χ3n) is 4.43. The molecule has 0 radical (unpaired) electrons. The second kappa shape index (κ2) is 6.85. The van der Waals surface area contributed by atoms with Gasteiger partial charge in [-0.1, -0.05) is 48.5 Å². The molecule has 0 amide bonds. The Morgan fingerprint density at radius 1 is 1.00 bits per heavy atom. The van der Waals surface area contributed by atoms with Gasteiger partial charge in [-0.05, 0) is 54.9 Å². The Morgan fingerprint density at radius 2 is 1.70 bits per heavy atom. The summed E-state index contributed by atoms with van der Waals surface area (Å²) in [7, 11) is -3.35. The molecule has 0 heterocycles. The second-order valence-electron chi connectivity index (χ2n) is 6.32. The number of hydrogen-bond acceptors (Lipinski definition) is 2. The monoisotopic (exact) mass is 329 g/mol. The molecule has 1 unspecified atom stereocenters. The number of aryl methyl sites for hydroxylation is 2. The fourth-order valence-corrected chi connectivity index (χ4v) is 4.58. The van der Waals surface area contributed by atoms with Gasteiger partial charge in [0.25, 0.3) is 0 Å². The highest BCUT2D eigenvalue weighted by molar-refractivity contribution is 7.88. The minimum Gasteiger partial charge on any atom is -0.212 e. The van der Waals surface area contributed by atoms with E-state index in [-0.39, 0.29) is 11.8 Å². The Hall–Kier alpha value is -1.65. The lowest BCUT2D eigenvalue weighted by Gasteiger charge is -2.20. The second-order valence-corrected chi connectivity index (χ2v) is 8.07.